The van der Waals surface area contributed by atoms with Crippen LogP contribution in [0.3, 0.4) is 0 Å². The van der Waals surface area contributed by atoms with Crippen molar-refractivity contribution in [1.82, 2.24) is 0 Å². The first-order valence-electron chi connectivity index (χ1n) is 9.94. The number of fused-ring (bicyclic) bond motifs is 1. The molecule has 2 aromatic carbocycles. The lowest BCUT2D eigenvalue weighted by Crippen LogP contribution is -2.40. The third-order valence-electron chi connectivity index (χ3n) is 5.03. The summed E-state index contributed by atoms with van der Waals surface area (Å²) in [6.45, 7) is 7.68. The minimum atomic E-state index is -0.799. The van der Waals surface area contributed by atoms with Crippen molar-refractivity contribution in [2.24, 2.45) is 11.8 Å². The van der Waals surface area contributed by atoms with Crippen LogP contribution in [0.25, 0.3) is 0 Å². The summed E-state index contributed by atoms with van der Waals surface area (Å²) >= 11 is 3.55. The lowest BCUT2D eigenvalue weighted by atomic mass is 9.75. The molecule has 1 unspecified atom stereocenters. The number of carbonyl (C=O) groups excluding carboxylic acids is 2. The van der Waals surface area contributed by atoms with Crippen molar-refractivity contribution in [3.05, 3.63) is 57.6 Å². The average molecular weight is 475 g/mol. The van der Waals surface area contributed by atoms with Crippen LogP contribution in [-0.2, 0) is 22.6 Å². The number of hydrogen-bond acceptors (Lipinski definition) is 5. The molecule has 5 nitrogen and oxygen atoms in total. The van der Waals surface area contributed by atoms with Gasteiger partial charge in [0, 0.05) is 5.56 Å². The molecule has 0 radical (unpaired) electrons. The second-order valence-electron chi connectivity index (χ2n) is 8.63. The summed E-state index contributed by atoms with van der Waals surface area (Å²) < 4.78 is 17.4. The Kier molecular flexibility index (Phi) is 6.56. The van der Waals surface area contributed by atoms with Gasteiger partial charge >= 0.3 is 5.97 Å². The molecular weight excluding hydrogens is 448 g/mol. The van der Waals surface area contributed by atoms with Gasteiger partial charge in [-0.05, 0) is 84.4 Å². The molecule has 1 aliphatic carbocycles. The molecule has 2 atom stereocenters. The highest BCUT2D eigenvalue weighted by Crippen LogP contribution is 2.37. The lowest BCUT2D eigenvalue weighted by Gasteiger charge is -2.31. The Bertz CT molecular complexity index is 943. The molecule has 30 heavy (non-hydrogen) atoms. The van der Waals surface area contributed by atoms with Gasteiger partial charge in [0.05, 0.1) is 11.6 Å². The van der Waals surface area contributed by atoms with Crippen LogP contribution in [0.5, 0.6) is 11.5 Å². The first-order chi connectivity index (χ1) is 14.1. The Balaban J connectivity index is 1.81. The number of carbonyl (C=O) groups is 2. The summed E-state index contributed by atoms with van der Waals surface area (Å²) in [6.07, 6.45) is 0.627. The molecule has 0 heterocycles. The highest BCUT2D eigenvalue weighted by Gasteiger charge is 2.41. The molecule has 0 bridgehead atoms. The van der Waals surface area contributed by atoms with E-state index < -0.39 is 17.5 Å². The summed E-state index contributed by atoms with van der Waals surface area (Å²) in [7, 11) is 1.62. The van der Waals surface area contributed by atoms with Crippen molar-refractivity contribution in [3.63, 3.8) is 0 Å². The molecule has 0 amide bonds. The van der Waals surface area contributed by atoms with E-state index in [1.54, 1.807) is 33.9 Å². The number of methoxy groups -OCH3 is 1. The van der Waals surface area contributed by atoms with Gasteiger partial charge in [-0.3, -0.25) is 9.59 Å². The van der Waals surface area contributed by atoms with Gasteiger partial charge in [-0.2, -0.15) is 0 Å². The van der Waals surface area contributed by atoms with Crippen LogP contribution in [0.15, 0.2) is 40.9 Å². The zero-order chi connectivity index (χ0) is 22.1. The van der Waals surface area contributed by atoms with E-state index in [-0.39, 0.29) is 11.7 Å². The second-order valence-corrected chi connectivity index (χ2v) is 9.49. The van der Waals surface area contributed by atoms with Gasteiger partial charge in [-0.1, -0.05) is 19.1 Å². The third kappa shape index (κ3) is 5.04. The number of Topliss-reactive ketones (excluding diaryl/α,β-unsaturated/α-hetero) is 1. The second kappa shape index (κ2) is 8.80. The molecule has 2 aromatic rings. The molecule has 0 spiro atoms. The van der Waals surface area contributed by atoms with Crippen LogP contribution in [0, 0.1) is 11.8 Å². The summed E-state index contributed by atoms with van der Waals surface area (Å²) in [5.41, 5.74) is 1.78. The molecule has 3 rings (SSSR count). The van der Waals surface area contributed by atoms with E-state index in [0.717, 1.165) is 21.3 Å². The van der Waals surface area contributed by atoms with E-state index in [0.29, 0.717) is 24.3 Å². The van der Waals surface area contributed by atoms with Gasteiger partial charge in [0.25, 0.3) is 0 Å². The van der Waals surface area contributed by atoms with Crippen LogP contribution in [0.4, 0.5) is 0 Å². The summed E-state index contributed by atoms with van der Waals surface area (Å²) in [4.78, 5) is 25.8. The normalized spacial score (nSPS) is 18.5. The van der Waals surface area contributed by atoms with Crippen molar-refractivity contribution >= 4 is 27.7 Å². The maximum absolute atomic E-state index is 13.2. The van der Waals surface area contributed by atoms with Gasteiger partial charge in [-0.15, -0.1) is 0 Å². The molecule has 0 aliphatic heterocycles. The zero-order valence-corrected chi connectivity index (χ0v) is 19.5. The predicted molar refractivity (Wildman–Crippen MR) is 118 cm³/mol. The van der Waals surface area contributed by atoms with E-state index in [2.05, 4.69) is 15.9 Å². The number of hydrogen-bond donors (Lipinski definition) is 0. The van der Waals surface area contributed by atoms with E-state index in [1.807, 2.05) is 37.3 Å². The Hall–Kier alpha value is -2.34. The predicted octanol–water partition coefficient (Wildman–Crippen LogP) is 5.37. The number of esters is 1. The quantitative estimate of drug-likeness (QED) is 0.430. The topological polar surface area (TPSA) is 61.8 Å². The first-order valence-corrected chi connectivity index (χ1v) is 10.7. The highest BCUT2D eigenvalue weighted by molar-refractivity contribution is 9.10. The molecule has 0 aromatic heterocycles. The summed E-state index contributed by atoms with van der Waals surface area (Å²) in [6, 6.07) is 11.2. The Morgan fingerprint density at radius 3 is 2.43 bits per heavy atom. The van der Waals surface area contributed by atoms with Crippen LogP contribution in [0.2, 0.25) is 0 Å². The van der Waals surface area contributed by atoms with Crippen molar-refractivity contribution in [2.45, 2.75) is 46.3 Å². The molecule has 160 valence electrons. The number of ketones is 1. The van der Waals surface area contributed by atoms with Crippen LogP contribution in [-0.4, -0.2) is 24.5 Å². The van der Waals surface area contributed by atoms with Gasteiger partial charge in [-0.25, -0.2) is 0 Å². The van der Waals surface area contributed by atoms with E-state index in [1.165, 1.54) is 0 Å². The van der Waals surface area contributed by atoms with Gasteiger partial charge in [0.1, 0.15) is 29.6 Å². The van der Waals surface area contributed by atoms with Gasteiger partial charge in [0.15, 0.2) is 5.78 Å². The first kappa shape index (κ1) is 22.3. The molecule has 0 fully saturated rings. The van der Waals surface area contributed by atoms with Gasteiger partial charge in [0.2, 0.25) is 0 Å². The molecule has 0 saturated heterocycles. The minimum Gasteiger partial charge on any atom is -0.497 e. The number of ether oxygens (including phenoxy) is 3. The van der Waals surface area contributed by atoms with Crippen LogP contribution >= 0.6 is 15.9 Å². The lowest BCUT2D eigenvalue weighted by molar-refractivity contribution is -0.159. The van der Waals surface area contributed by atoms with Crippen LogP contribution < -0.4 is 9.47 Å². The van der Waals surface area contributed by atoms with E-state index in [4.69, 9.17) is 14.2 Å². The smallest absolute Gasteiger partial charge is 0.317 e. The molecule has 0 N–H and O–H groups in total. The zero-order valence-electron chi connectivity index (χ0n) is 18.0. The highest BCUT2D eigenvalue weighted by atomic mass is 79.9. The monoisotopic (exact) mass is 474 g/mol. The number of benzene rings is 2. The molecule has 0 saturated carbocycles. The van der Waals surface area contributed by atoms with Crippen molar-refractivity contribution < 1.29 is 23.8 Å². The van der Waals surface area contributed by atoms with Crippen molar-refractivity contribution in [1.29, 1.82) is 0 Å². The number of rotatable bonds is 5. The summed E-state index contributed by atoms with van der Waals surface area (Å²) in [5.74, 6) is -0.253. The molecule has 1 aliphatic rings. The number of halogens is 1. The Morgan fingerprint density at radius 1 is 1.17 bits per heavy atom. The van der Waals surface area contributed by atoms with E-state index >= 15 is 0 Å². The standard InChI is InChI=1S/C24H27BrO5/c1-14-10-16-11-19(25)20(29-13-15-6-8-17(28-5)9-7-15)12-18(16)22(26)21(14)23(27)30-24(2,3)4/h6-9,11-12,14,21H,10,13H2,1-5H3/t14-,21?/m0/s1. The SMILES string of the molecule is COc1ccc(COc2cc3c(cc2Br)C[C@H](C)C(C(=O)OC(C)(C)C)C3=O)cc1. The largest absolute Gasteiger partial charge is 0.497 e. The Morgan fingerprint density at radius 2 is 1.83 bits per heavy atom. The van der Waals surface area contributed by atoms with Crippen molar-refractivity contribution in [3.8, 4) is 11.5 Å². The van der Waals surface area contributed by atoms with Gasteiger partial charge < -0.3 is 14.2 Å². The average Bonchev–Trinajstić information content (AvgIpc) is 2.65. The Labute approximate surface area is 185 Å². The maximum atomic E-state index is 13.2. The fourth-order valence-corrected chi connectivity index (χ4v) is 4.09. The third-order valence-corrected chi connectivity index (χ3v) is 5.65. The molecular formula is C24H27BrO5. The minimum absolute atomic E-state index is 0.127. The fraction of sp³-hybridized carbons (Fsp3) is 0.417. The maximum Gasteiger partial charge on any atom is 0.317 e. The van der Waals surface area contributed by atoms with Crippen LogP contribution in [0.1, 0.15) is 49.2 Å². The van der Waals surface area contributed by atoms with E-state index in [9.17, 15) is 9.59 Å². The van der Waals surface area contributed by atoms with Crippen molar-refractivity contribution in [2.75, 3.05) is 7.11 Å². The molecule has 6 heteroatoms. The fourth-order valence-electron chi connectivity index (χ4n) is 3.58. The summed E-state index contributed by atoms with van der Waals surface area (Å²) in [5, 5.41) is 0.